The molecule has 21 heavy (non-hydrogen) atoms. The van der Waals surface area contributed by atoms with Crippen LogP contribution in [0.1, 0.15) is 64.1 Å². The van der Waals surface area contributed by atoms with Gasteiger partial charge >= 0.3 is 0 Å². The van der Waals surface area contributed by atoms with Gasteiger partial charge in [0.1, 0.15) is 0 Å². The third kappa shape index (κ3) is 3.49. The normalized spacial score (nSPS) is 19.3. The van der Waals surface area contributed by atoms with E-state index >= 15 is 0 Å². The Morgan fingerprint density at radius 1 is 1.33 bits per heavy atom. The summed E-state index contributed by atoms with van der Waals surface area (Å²) in [5.41, 5.74) is 1.16. The molecule has 2 rings (SSSR count). The zero-order valence-electron chi connectivity index (χ0n) is 14.1. The van der Waals surface area contributed by atoms with Gasteiger partial charge in [-0.3, -0.25) is 4.68 Å². The van der Waals surface area contributed by atoms with Gasteiger partial charge in [0.2, 0.25) is 0 Å². The molecule has 4 heteroatoms. The molecule has 1 unspecified atom stereocenters. The molecule has 0 amide bonds. The Morgan fingerprint density at radius 3 is 2.52 bits per heavy atom. The molecule has 0 radical (unpaired) electrons. The van der Waals surface area contributed by atoms with Crippen molar-refractivity contribution in [1.82, 2.24) is 15.1 Å². The van der Waals surface area contributed by atoms with Gasteiger partial charge in [0, 0.05) is 25.8 Å². The molecule has 0 aliphatic heterocycles. The van der Waals surface area contributed by atoms with Gasteiger partial charge < -0.3 is 10.1 Å². The van der Waals surface area contributed by atoms with Crippen LogP contribution in [0.3, 0.4) is 0 Å². The highest BCUT2D eigenvalue weighted by Gasteiger charge is 2.41. The van der Waals surface area contributed by atoms with E-state index in [1.54, 1.807) is 0 Å². The molecule has 1 fully saturated rings. The molecule has 1 aliphatic rings. The van der Waals surface area contributed by atoms with Crippen LogP contribution in [0.2, 0.25) is 0 Å². The van der Waals surface area contributed by atoms with Gasteiger partial charge in [-0.05, 0) is 38.8 Å². The summed E-state index contributed by atoms with van der Waals surface area (Å²) in [4.78, 5) is 0. The first kappa shape index (κ1) is 16.5. The fraction of sp³-hybridized carbons (Fsp3) is 0.824. The van der Waals surface area contributed by atoms with Crippen LogP contribution in [0, 0.1) is 0 Å². The molecule has 0 saturated heterocycles. The predicted molar refractivity (Wildman–Crippen MR) is 86.6 cm³/mol. The average molecular weight is 293 g/mol. The maximum absolute atomic E-state index is 5.92. The largest absolute Gasteiger partial charge is 0.377 e. The molecule has 1 aromatic rings. The van der Waals surface area contributed by atoms with Crippen molar-refractivity contribution in [2.45, 2.75) is 76.5 Å². The van der Waals surface area contributed by atoms with Crippen LogP contribution < -0.4 is 5.32 Å². The molecular weight excluding hydrogens is 262 g/mol. The summed E-state index contributed by atoms with van der Waals surface area (Å²) in [6.45, 7) is 4.45. The lowest BCUT2D eigenvalue weighted by atomic mass is 9.89. The summed E-state index contributed by atoms with van der Waals surface area (Å²) in [6.07, 6.45) is 10.2. The molecule has 1 heterocycles. The van der Waals surface area contributed by atoms with Gasteiger partial charge in [0.25, 0.3) is 0 Å². The van der Waals surface area contributed by atoms with Gasteiger partial charge in [0.05, 0.1) is 17.3 Å². The Morgan fingerprint density at radius 2 is 2.00 bits per heavy atom. The number of nitrogens with one attached hydrogen (secondary N) is 1. The molecule has 1 N–H and O–H groups in total. The number of rotatable bonds is 8. The van der Waals surface area contributed by atoms with Crippen LogP contribution in [-0.4, -0.2) is 35.6 Å². The second-order valence-electron chi connectivity index (χ2n) is 6.28. The van der Waals surface area contributed by atoms with Gasteiger partial charge in [-0.25, -0.2) is 0 Å². The smallest absolute Gasteiger partial charge is 0.0834 e. The first-order valence-corrected chi connectivity index (χ1v) is 8.45. The summed E-state index contributed by atoms with van der Waals surface area (Å²) in [6, 6.07) is 3.03. The topological polar surface area (TPSA) is 39.1 Å². The van der Waals surface area contributed by atoms with Crippen molar-refractivity contribution >= 4 is 0 Å². The third-order valence-electron chi connectivity index (χ3n) is 5.23. The number of hydrogen-bond acceptors (Lipinski definition) is 3. The van der Waals surface area contributed by atoms with Crippen molar-refractivity contribution in [3.05, 3.63) is 18.0 Å². The van der Waals surface area contributed by atoms with Crippen LogP contribution >= 0.6 is 0 Å². The van der Waals surface area contributed by atoms with Crippen LogP contribution in [0.15, 0.2) is 12.3 Å². The molecule has 0 bridgehead atoms. The lowest BCUT2D eigenvalue weighted by Crippen LogP contribution is -2.50. The number of aromatic nitrogens is 2. The highest BCUT2D eigenvalue weighted by Crippen LogP contribution is 2.36. The quantitative estimate of drug-likeness (QED) is 0.799. The second-order valence-corrected chi connectivity index (χ2v) is 6.28. The van der Waals surface area contributed by atoms with E-state index in [1.807, 2.05) is 14.2 Å². The van der Waals surface area contributed by atoms with Crippen molar-refractivity contribution in [2.75, 3.05) is 14.2 Å². The van der Waals surface area contributed by atoms with Gasteiger partial charge in [-0.2, -0.15) is 5.10 Å². The molecular formula is C17H31N3O. The van der Waals surface area contributed by atoms with E-state index in [0.29, 0.717) is 12.1 Å². The zero-order valence-corrected chi connectivity index (χ0v) is 14.1. The fourth-order valence-electron chi connectivity index (χ4n) is 3.78. The Labute approximate surface area is 129 Å². The summed E-state index contributed by atoms with van der Waals surface area (Å²) in [5.74, 6) is 0. The highest BCUT2D eigenvalue weighted by molar-refractivity contribution is 5.07. The van der Waals surface area contributed by atoms with E-state index in [4.69, 9.17) is 9.84 Å². The molecule has 0 aromatic carbocycles. The monoisotopic (exact) mass is 293 g/mol. The van der Waals surface area contributed by atoms with Crippen LogP contribution in [0.25, 0.3) is 0 Å². The Balaban J connectivity index is 2.08. The fourth-order valence-corrected chi connectivity index (χ4v) is 3.78. The lowest BCUT2D eigenvalue weighted by molar-refractivity contribution is -0.0339. The molecule has 1 aromatic heterocycles. The van der Waals surface area contributed by atoms with Gasteiger partial charge in [-0.1, -0.05) is 26.7 Å². The minimum atomic E-state index is -0.00650. The average Bonchev–Trinajstić information content (AvgIpc) is 3.16. The van der Waals surface area contributed by atoms with Crippen molar-refractivity contribution in [3.8, 4) is 0 Å². The van der Waals surface area contributed by atoms with E-state index in [-0.39, 0.29) is 5.60 Å². The lowest BCUT2D eigenvalue weighted by Gasteiger charge is -2.36. The van der Waals surface area contributed by atoms with Crippen molar-refractivity contribution in [1.29, 1.82) is 0 Å². The molecule has 1 atom stereocenters. The van der Waals surface area contributed by atoms with E-state index in [1.165, 1.54) is 18.5 Å². The van der Waals surface area contributed by atoms with Gasteiger partial charge in [0.15, 0.2) is 0 Å². The molecule has 120 valence electrons. The SMILES string of the molecule is CCC(CC)n1ccc(CC(NC)C2(OC)CCCC2)n1. The van der Waals surface area contributed by atoms with Crippen LogP contribution in [0.4, 0.5) is 0 Å². The molecule has 1 saturated carbocycles. The molecule has 0 spiro atoms. The first-order chi connectivity index (χ1) is 10.2. The highest BCUT2D eigenvalue weighted by atomic mass is 16.5. The zero-order chi connectivity index (χ0) is 15.3. The predicted octanol–water partition coefficient (Wildman–Crippen LogP) is 3.33. The summed E-state index contributed by atoms with van der Waals surface area (Å²) in [7, 11) is 3.90. The summed E-state index contributed by atoms with van der Waals surface area (Å²) in [5, 5.41) is 8.27. The summed E-state index contributed by atoms with van der Waals surface area (Å²) >= 11 is 0. The minimum Gasteiger partial charge on any atom is -0.377 e. The Hall–Kier alpha value is -0.870. The Bertz CT molecular complexity index is 419. The second kappa shape index (κ2) is 7.41. The first-order valence-electron chi connectivity index (χ1n) is 8.45. The van der Waals surface area contributed by atoms with E-state index in [0.717, 1.165) is 32.1 Å². The molecule has 4 nitrogen and oxygen atoms in total. The van der Waals surface area contributed by atoms with Crippen LogP contribution in [0.5, 0.6) is 0 Å². The van der Waals surface area contributed by atoms with E-state index < -0.39 is 0 Å². The van der Waals surface area contributed by atoms with Crippen molar-refractivity contribution < 1.29 is 4.74 Å². The number of hydrogen-bond donors (Lipinski definition) is 1. The Kier molecular flexibility index (Phi) is 5.82. The van der Waals surface area contributed by atoms with E-state index in [2.05, 4.69) is 36.1 Å². The maximum Gasteiger partial charge on any atom is 0.0834 e. The standard InChI is InChI=1S/C17H31N3O/c1-5-15(6-2)20-12-9-14(19-20)13-16(18-3)17(21-4)10-7-8-11-17/h9,12,15-16,18H,5-8,10-11,13H2,1-4H3. The third-order valence-corrected chi connectivity index (χ3v) is 5.23. The molecule has 1 aliphatic carbocycles. The van der Waals surface area contributed by atoms with Crippen LogP contribution in [-0.2, 0) is 11.2 Å². The van der Waals surface area contributed by atoms with E-state index in [9.17, 15) is 0 Å². The van der Waals surface area contributed by atoms with Crippen molar-refractivity contribution in [3.63, 3.8) is 0 Å². The number of nitrogens with zero attached hydrogens (tertiary/aromatic N) is 2. The van der Waals surface area contributed by atoms with Gasteiger partial charge in [-0.15, -0.1) is 0 Å². The van der Waals surface area contributed by atoms with Crippen molar-refractivity contribution in [2.24, 2.45) is 0 Å². The summed E-state index contributed by atoms with van der Waals surface area (Å²) < 4.78 is 8.06. The maximum atomic E-state index is 5.92. The number of likely N-dealkylation sites (N-methyl/N-ethyl adjacent to an activating group) is 1. The minimum absolute atomic E-state index is 0.00650. The number of methoxy groups -OCH3 is 1. The number of ether oxygens (including phenoxy) is 1.